The normalized spacial score (nSPS) is 10.0. The summed E-state index contributed by atoms with van der Waals surface area (Å²) in [6.45, 7) is 3.86. The maximum Gasteiger partial charge on any atom is 1.00 e. The molecule has 0 aromatic rings. The molecule has 0 aromatic carbocycles. The zero-order valence-corrected chi connectivity index (χ0v) is 5.23. The third kappa shape index (κ3) is 10.7. The average molecular weight is 88.1 g/mol. The molecule has 0 aliphatic carbocycles. The summed E-state index contributed by atoms with van der Waals surface area (Å²) in [5.41, 5.74) is 0. The Hall–Kier alpha value is 0.0774. The van der Waals surface area contributed by atoms with Crippen LogP contribution in [0.15, 0.2) is 18.2 Å². The predicted molar refractivity (Wildman–Crippen MR) is 28.3 cm³/mol. The summed E-state index contributed by atoms with van der Waals surface area (Å²) in [6, 6.07) is 0. The van der Waals surface area contributed by atoms with Crippen LogP contribution >= 0.6 is 0 Å². The van der Waals surface area contributed by atoms with Crippen LogP contribution in [0.1, 0.15) is 13.8 Å². The van der Waals surface area contributed by atoms with Gasteiger partial charge in [-0.2, -0.15) is 6.08 Å². The topological polar surface area (TPSA) is 0 Å². The summed E-state index contributed by atoms with van der Waals surface area (Å²) in [7, 11) is 0. The maximum absolute atomic E-state index is 2.86. The molecular weight excluding hydrogens is 79.0 g/mol. The first-order valence-corrected chi connectivity index (χ1v) is 2.03. The second-order valence-electron chi connectivity index (χ2n) is 0.981. The number of hydrogen-bond acceptors (Lipinski definition) is 0. The SMILES string of the molecule is C[C-]=CC=CC.[Li+]. The van der Waals surface area contributed by atoms with Gasteiger partial charge in [0.05, 0.1) is 0 Å². The van der Waals surface area contributed by atoms with Gasteiger partial charge in [-0.3, -0.25) is 6.08 Å². The van der Waals surface area contributed by atoms with E-state index in [2.05, 4.69) is 6.08 Å². The molecule has 0 amide bonds. The molecule has 0 atom stereocenters. The fraction of sp³-hybridized carbons (Fsp3) is 0.333. The average Bonchev–Trinajstić information content (AvgIpc) is 1.61. The molecule has 34 valence electrons. The van der Waals surface area contributed by atoms with E-state index in [1.807, 2.05) is 32.1 Å². The molecule has 0 unspecified atom stereocenters. The van der Waals surface area contributed by atoms with E-state index in [9.17, 15) is 0 Å². The molecule has 0 aromatic heterocycles. The molecule has 0 N–H and O–H groups in total. The van der Waals surface area contributed by atoms with Crippen LogP contribution in [0.25, 0.3) is 0 Å². The minimum absolute atomic E-state index is 0. The molecule has 0 bridgehead atoms. The Morgan fingerprint density at radius 1 is 1.43 bits per heavy atom. The van der Waals surface area contributed by atoms with Gasteiger partial charge in [0.15, 0.2) is 0 Å². The van der Waals surface area contributed by atoms with Gasteiger partial charge < -0.3 is 0 Å². The van der Waals surface area contributed by atoms with Crippen molar-refractivity contribution >= 4 is 0 Å². The van der Waals surface area contributed by atoms with Gasteiger partial charge in [0.25, 0.3) is 0 Å². The monoisotopic (exact) mass is 88.1 g/mol. The van der Waals surface area contributed by atoms with Crippen molar-refractivity contribution in [2.45, 2.75) is 13.8 Å². The van der Waals surface area contributed by atoms with Crippen molar-refractivity contribution in [2.75, 3.05) is 0 Å². The zero-order valence-electron chi connectivity index (χ0n) is 5.23. The van der Waals surface area contributed by atoms with E-state index in [4.69, 9.17) is 0 Å². The van der Waals surface area contributed by atoms with E-state index >= 15 is 0 Å². The molecule has 1 heteroatoms. The van der Waals surface area contributed by atoms with Crippen LogP contribution in [-0.2, 0) is 0 Å². The zero-order chi connectivity index (χ0) is 4.83. The molecule has 0 saturated carbocycles. The van der Waals surface area contributed by atoms with Crippen molar-refractivity contribution < 1.29 is 18.9 Å². The Bertz CT molecular complexity index is 52.6. The second-order valence-corrected chi connectivity index (χ2v) is 0.981. The molecule has 0 rings (SSSR count). The largest absolute Gasteiger partial charge is 1.00 e. The summed E-state index contributed by atoms with van der Waals surface area (Å²) in [5, 5.41) is 0. The van der Waals surface area contributed by atoms with Gasteiger partial charge >= 0.3 is 18.9 Å². The van der Waals surface area contributed by atoms with Crippen molar-refractivity contribution in [1.82, 2.24) is 0 Å². The summed E-state index contributed by atoms with van der Waals surface area (Å²) in [5.74, 6) is 0. The first-order valence-electron chi connectivity index (χ1n) is 2.03. The molecule has 0 aliphatic heterocycles. The maximum atomic E-state index is 2.86. The van der Waals surface area contributed by atoms with E-state index in [0.717, 1.165) is 0 Å². The Balaban J connectivity index is 0. The van der Waals surface area contributed by atoms with E-state index in [0.29, 0.717) is 0 Å². The van der Waals surface area contributed by atoms with E-state index < -0.39 is 0 Å². The van der Waals surface area contributed by atoms with E-state index in [1.54, 1.807) is 0 Å². The van der Waals surface area contributed by atoms with Gasteiger partial charge in [-0.1, -0.05) is 6.92 Å². The molecule has 0 aliphatic rings. The third-order valence-corrected chi connectivity index (χ3v) is 0.455. The molecule has 0 spiro atoms. The fourth-order valence-corrected chi connectivity index (χ4v) is 0.192. The van der Waals surface area contributed by atoms with Gasteiger partial charge in [-0.15, -0.1) is 6.92 Å². The fourth-order valence-electron chi connectivity index (χ4n) is 0.192. The summed E-state index contributed by atoms with van der Waals surface area (Å²) < 4.78 is 0. The van der Waals surface area contributed by atoms with E-state index in [1.165, 1.54) is 0 Å². The Morgan fingerprint density at radius 2 is 2.00 bits per heavy atom. The summed E-state index contributed by atoms with van der Waals surface area (Å²) in [4.78, 5) is 0. The van der Waals surface area contributed by atoms with E-state index in [-0.39, 0.29) is 18.9 Å². The number of hydrogen-bond donors (Lipinski definition) is 0. The first kappa shape index (κ1) is 10.1. The van der Waals surface area contributed by atoms with Gasteiger partial charge in [0.2, 0.25) is 0 Å². The quantitative estimate of drug-likeness (QED) is 0.218. The van der Waals surface area contributed by atoms with Gasteiger partial charge in [-0.05, 0) is 0 Å². The van der Waals surface area contributed by atoms with Crippen LogP contribution in [0.4, 0.5) is 0 Å². The van der Waals surface area contributed by atoms with Crippen LogP contribution in [-0.4, -0.2) is 0 Å². The predicted octanol–water partition coefficient (Wildman–Crippen LogP) is -1.05. The Morgan fingerprint density at radius 3 is 2.14 bits per heavy atom. The molecular formula is C6H9Li. The van der Waals surface area contributed by atoms with Crippen molar-refractivity contribution in [3.63, 3.8) is 0 Å². The Labute approximate surface area is 57.5 Å². The minimum Gasteiger partial charge on any atom is -0.279 e. The summed E-state index contributed by atoms with van der Waals surface area (Å²) >= 11 is 0. The molecule has 0 fully saturated rings. The Kier molecular flexibility index (Phi) is 13.7. The van der Waals surface area contributed by atoms with Crippen molar-refractivity contribution in [3.8, 4) is 0 Å². The molecule has 7 heavy (non-hydrogen) atoms. The number of allylic oxidation sites excluding steroid dienone is 4. The smallest absolute Gasteiger partial charge is 0.279 e. The van der Waals surface area contributed by atoms with Crippen molar-refractivity contribution in [2.24, 2.45) is 0 Å². The molecule has 0 heterocycles. The van der Waals surface area contributed by atoms with Crippen LogP contribution in [0.2, 0.25) is 0 Å². The molecule has 0 radical (unpaired) electrons. The standard InChI is InChI=1S/C6H9.Li/c1-3-5-6-4-2;/h3,5-6H,1-2H3;/q-1;+1. The van der Waals surface area contributed by atoms with Crippen molar-refractivity contribution in [3.05, 3.63) is 24.3 Å². The summed E-state index contributed by atoms with van der Waals surface area (Å²) in [6.07, 6.45) is 8.64. The molecule has 0 saturated heterocycles. The van der Waals surface area contributed by atoms with Gasteiger partial charge in [0, 0.05) is 0 Å². The van der Waals surface area contributed by atoms with Crippen LogP contribution in [0.3, 0.4) is 0 Å². The van der Waals surface area contributed by atoms with Crippen LogP contribution in [0, 0.1) is 6.08 Å². The van der Waals surface area contributed by atoms with Gasteiger partial charge in [0.1, 0.15) is 0 Å². The van der Waals surface area contributed by atoms with Crippen molar-refractivity contribution in [1.29, 1.82) is 0 Å². The third-order valence-electron chi connectivity index (χ3n) is 0.455. The minimum atomic E-state index is 0. The van der Waals surface area contributed by atoms with Crippen LogP contribution < -0.4 is 18.9 Å². The van der Waals surface area contributed by atoms with Gasteiger partial charge in [-0.25, -0.2) is 12.2 Å². The molecule has 0 nitrogen and oxygen atoms in total. The first-order chi connectivity index (χ1) is 2.91. The van der Waals surface area contributed by atoms with Crippen LogP contribution in [0.5, 0.6) is 0 Å². The number of rotatable bonds is 1. The second kappa shape index (κ2) is 9.42.